The molecular formula is C16H22F2N2O. The number of benzene rings is 1. The lowest BCUT2D eigenvalue weighted by molar-refractivity contribution is -0.140. The van der Waals surface area contributed by atoms with E-state index in [9.17, 15) is 13.6 Å². The van der Waals surface area contributed by atoms with Crippen molar-refractivity contribution in [1.82, 2.24) is 4.90 Å². The lowest BCUT2D eigenvalue weighted by atomic mass is 9.86. The highest BCUT2D eigenvalue weighted by Gasteiger charge is 2.38. The van der Waals surface area contributed by atoms with Crippen LogP contribution in [0.3, 0.4) is 0 Å². The number of rotatable bonds is 4. The Hall–Kier alpha value is -1.65. The fraction of sp³-hybridized carbons (Fsp3) is 0.562. The van der Waals surface area contributed by atoms with E-state index in [2.05, 4.69) is 0 Å². The summed E-state index contributed by atoms with van der Waals surface area (Å²) in [5.74, 6) is -2.87. The zero-order valence-corrected chi connectivity index (χ0v) is 12.3. The van der Waals surface area contributed by atoms with Gasteiger partial charge < -0.3 is 10.6 Å². The first kappa shape index (κ1) is 15.7. The molecule has 5 heteroatoms. The monoisotopic (exact) mass is 296 g/mol. The van der Waals surface area contributed by atoms with Crippen molar-refractivity contribution in [2.75, 3.05) is 12.3 Å². The molecule has 0 heterocycles. The highest BCUT2D eigenvalue weighted by molar-refractivity contribution is 5.79. The average Bonchev–Trinajstić information content (AvgIpc) is 2.46. The third kappa shape index (κ3) is 4.16. The first-order valence-electron chi connectivity index (χ1n) is 7.42. The van der Waals surface area contributed by atoms with Crippen molar-refractivity contribution in [1.29, 1.82) is 0 Å². The van der Waals surface area contributed by atoms with E-state index in [1.54, 1.807) is 17.0 Å². The Morgan fingerprint density at radius 1 is 1.29 bits per heavy atom. The van der Waals surface area contributed by atoms with Gasteiger partial charge in [-0.25, -0.2) is 8.78 Å². The maximum absolute atomic E-state index is 13.2. The van der Waals surface area contributed by atoms with Gasteiger partial charge in [-0.2, -0.15) is 0 Å². The number of amides is 1. The zero-order valence-electron chi connectivity index (χ0n) is 12.3. The molecule has 116 valence electrons. The van der Waals surface area contributed by atoms with Crippen molar-refractivity contribution in [2.45, 2.75) is 45.1 Å². The van der Waals surface area contributed by atoms with Crippen LogP contribution in [-0.4, -0.2) is 23.3 Å². The van der Waals surface area contributed by atoms with Crippen LogP contribution in [0.25, 0.3) is 0 Å². The van der Waals surface area contributed by atoms with Crippen LogP contribution < -0.4 is 5.73 Å². The summed E-state index contributed by atoms with van der Waals surface area (Å²) in [6.45, 7) is 2.99. The van der Waals surface area contributed by atoms with E-state index in [1.165, 1.54) is 0 Å². The van der Waals surface area contributed by atoms with Gasteiger partial charge in [-0.05, 0) is 37.5 Å². The predicted molar refractivity (Wildman–Crippen MR) is 78.9 cm³/mol. The number of halogens is 2. The molecule has 1 aromatic carbocycles. The molecule has 1 aliphatic carbocycles. The first-order chi connectivity index (χ1) is 9.91. The molecule has 1 aliphatic rings. The van der Waals surface area contributed by atoms with Gasteiger partial charge in [0, 0.05) is 37.5 Å². The van der Waals surface area contributed by atoms with Crippen molar-refractivity contribution in [3.8, 4) is 0 Å². The minimum atomic E-state index is -2.59. The van der Waals surface area contributed by atoms with Crippen LogP contribution in [0.15, 0.2) is 24.3 Å². The fourth-order valence-electron chi connectivity index (χ4n) is 2.73. The van der Waals surface area contributed by atoms with Crippen molar-refractivity contribution in [3.63, 3.8) is 0 Å². The van der Waals surface area contributed by atoms with Crippen LogP contribution in [0.1, 0.15) is 38.2 Å². The van der Waals surface area contributed by atoms with Gasteiger partial charge in [0.25, 0.3) is 0 Å². The lowest BCUT2D eigenvalue weighted by Crippen LogP contribution is -2.39. The summed E-state index contributed by atoms with van der Waals surface area (Å²) < 4.78 is 26.3. The third-order valence-electron chi connectivity index (χ3n) is 4.11. The highest BCUT2D eigenvalue weighted by Crippen LogP contribution is 2.36. The number of nitrogens with two attached hydrogens (primary N) is 1. The number of hydrogen-bond donors (Lipinski definition) is 1. The smallest absolute Gasteiger partial charge is 0.248 e. The Morgan fingerprint density at radius 3 is 2.38 bits per heavy atom. The molecule has 0 bridgehead atoms. The quantitative estimate of drug-likeness (QED) is 0.865. The number of carbonyl (C=O) groups excluding carboxylic acids is 1. The summed E-state index contributed by atoms with van der Waals surface area (Å²) in [5.41, 5.74) is 7.32. The van der Waals surface area contributed by atoms with Crippen molar-refractivity contribution >= 4 is 11.6 Å². The van der Waals surface area contributed by atoms with Crippen molar-refractivity contribution < 1.29 is 13.6 Å². The van der Waals surface area contributed by atoms with Crippen LogP contribution in [0.4, 0.5) is 14.5 Å². The van der Waals surface area contributed by atoms with Crippen molar-refractivity contribution in [3.05, 3.63) is 29.8 Å². The molecule has 0 aliphatic heterocycles. The number of nitrogens with zero attached hydrogens (tertiary/aromatic N) is 1. The summed E-state index contributed by atoms with van der Waals surface area (Å²) in [6, 6.07) is 7.38. The van der Waals surface area contributed by atoms with E-state index in [-0.39, 0.29) is 37.5 Å². The molecule has 1 amide bonds. The Kier molecular flexibility index (Phi) is 4.80. The molecular weight excluding hydrogens is 274 g/mol. The Labute approximate surface area is 124 Å². The topological polar surface area (TPSA) is 46.3 Å². The lowest BCUT2D eigenvalue weighted by Gasteiger charge is -2.31. The van der Waals surface area contributed by atoms with Gasteiger partial charge in [0.05, 0.1) is 0 Å². The van der Waals surface area contributed by atoms with Gasteiger partial charge in [-0.3, -0.25) is 4.79 Å². The van der Waals surface area contributed by atoms with E-state index in [1.807, 2.05) is 19.1 Å². The minimum Gasteiger partial charge on any atom is -0.399 e. The minimum absolute atomic E-state index is 0.00942. The molecule has 0 atom stereocenters. The standard InChI is InChI=1S/C16H22F2N2O/c1-2-20(11-12-3-5-14(19)6-4-12)15(21)13-7-9-16(17,18)10-8-13/h3-6,13H,2,7-11,19H2,1H3. The second kappa shape index (κ2) is 6.41. The predicted octanol–water partition coefficient (Wildman–Crippen LogP) is 3.44. The number of nitrogen functional groups attached to an aromatic ring is 1. The number of anilines is 1. The number of alkyl halides is 2. The van der Waals surface area contributed by atoms with Gasteiger partial charge >= 0.3 is 0 Å². The molecule has 0 spiro atoms. The summed E-state index contributed by atoms with van der Waals surface area (Å²) in [4.78, 5) is 14.2. The molecule has 1 fully saturated rings. The Bertz CT molecular complexity index is 478. The SMILES string of the molecule is CCN(Cc1ccc(N)cc1)C(=O)C1CCC(F)(F)CC1. The van der Waals surface area contributed by atoms with E-state index < -0.39 is 5.92 Å². The number of hydrogen-bond acceptors (Lipinski definition) is 2. The molecule has 0 radical (unpaired) electrons. The maximum Gasteiger partial charge on any atom is 0.248 e. The van der Waals surface area contributed by atoms with Crippen LogP contribution in [0.5, 0.6) is 0 Å². The van der Waals surface area contributed by atoms with Crippen molar-refractivity contribution in [2.24, 2.45) is 5.92 Å². The largest absolute Gasteiger partial charge is 0.399 e. The Balaban J connectivity index is 1.97. The molecule has 2 rings (SSSR count). The summed E-state index contributed by atoms with van der Waals surface area (Å²) in [6.07, 6.45) is 0.208. The average molecular weight is 296 g/mol. The molecule has 0 aromatic heterocycles. The van der Waals surface area contributed by atoms with Crippen LogP contribution in [0, 0.1) is 5.92 Å². The maximum atomic E-state index is 13.2. The highest BCUT2D eigenvalue weighted by atomic mass is 19.3. The molecule has 2 N–H and O–H groups in total. The van der Waals surface area contributed by atoms with Crippen LogP contribution >= 0.6 is 0 Å². The second-order valence-electron chi connectivity index (χ2n) is 5.72. The normalized spacial score (nSPS) is 18.4. The van der Waals surface area contributed by atoms with E-state index in [0.29, 0.717) is 18.8 Å². The molecule has 0 saturated heterocycles. The molecule has 3 nitrogen and oxygen atoms in total. The second-order valence-corrected chi connectivity index (χ2v) is 5.72. The third-order valence-corrected chi connectivity index (χ3v) is 4.11. The van der Waals surface area contributed by atoms with E-state index >= 15 is 0 Å². The molecule has 1 aromatic rings. The van der Waals surface area contributed by atoms with E-state index in [4.69, 9.17) is 5.73 Å². The fourth-order valence-corrected chi connectivity index (χ4v) is 2.73. The Morgan fingerprint density at radius 2 is 1.86 bits per heavy atom. The molecule has 1 saturated carbocycles. The van der Waals surface area contributed by atoms with Gasteiger partial charge in [0.1, 0.15) is 0 Å². The zero-order chi connectivity index (χ0) is 15.5. The summed E-state index contributed by atoms with van der Waals surface area (Å²) >= 11 is 0. The van der Waals surface area contributed by atoms with Gasteiger partial charge in [0.15, 0.2) is 0 Å². The van der Waals surface area contributed by atoms with Gasteiger partial charge in [0.2, 0.25) is 11.8 Å². The number of carbonyl (C=O) groups is 1. The van der Waals surface area contributed by atoms with Gasteiger partial charge in [-0.1, -0.05) is 12.1 Å². The van der Waals surface area contributed by atoms with Crippen LogP contribution in [-0.2, 0) is 11.3 Å². The summed E-state index contributed by atoms with van der Waals surface area (Å²) in [7, 11) is 0. The van der Waals surface area contributed by atoms with Gasteiger partial charge in [-0.15, -0.1) is 0 Å². The summed E-state index contributed by atoms with van der Waals surface area (Å²) in [5, 5.41) is 0. The first-order valence-corrected chi connectivity index (χ1v) is 7.42. The van der Waals surface area contributed by atoms with E-state index in [0.717, 1.165) is 5.56 Å². The van der Waals surface area contributed by atoms with Crippen LogP contribution in [0.2, 0.25) is 0 Å². The molecule has 21 heavy (non-hydrogen) atoms. The molecule has 0 unspecified atom stereocenters.